The van der Waals surface area contributed by atoms with Crippen LogP contribution in [0.4, 0.5) is 5.82 Å². The Morgan fingerprint density at radius 2 is 1.90 bits per heavy atom. The number of hydrogen-bond donors (Lipinski definition) is 1. The van der Waals surface area contributed by atoms with Gasteiger partial charge in [0.2, 0.25) is 0 Å². The Hall–Kier alpha value is -1.42. The minimum absolute atomic E-state index is 0.0787. The van der Waals surface area contributed by atoms with Crippen LogP contribution >= 0.6 is 15.9 Å². The molecule has 0 bridgehead atoms. The van der Waals surface area contributed by atoms with E-state index in [-0.39, 0.29) is 5.41 Å². The first kappa shape index (κ1) is 16.0. The van der Waals surface area contributed by atoms with Crippen LogP contribution < -0.4 is 5.32 Å². The van der Waals surface area contributed by atoms with Gasteiger partial charge in [0, 0.05) is 28.1 Å². The van der Waals surface area contributed by atoms with Gasteiger partial charge in [-0.05, 0) is 18.6 Å². The third-order valence-electron chi connectivity index (χ3n) is 3.07. The minimum Gasteiger partial charge on any atom is -0.370 e. The van der Waals surface area contributed by atoms with Gasteiger partial charge >= 0.3 is 0 Å². The molecule has 1 heterocycles. The second kappa shape index (κ2) is 6.56. The highest BCUT2D eigenvalue weighted by Crippen LogP contribution is 2.27. The lowest BCUT2D eigenvalue weighted by atomic mass is 9.95. The Morgan fingerprint density at radius 3 is 2.52 bits per heavy atom. The molecule has 2 aromatic rings. The van der Waals surface area contributed by atoms with Gasteiger partial charge in [0.25, 0.3) is 0 Å². The summed E-state index contributed by atoms with van der Waals surface area (Å²) in [6.45, 7) is 9.47. The van der Waals surface area contributed by atoms with E-state index in [1.807, 2.05) is 18.2 Å². The molecule has 0 aliphatic rings. The predicted molar refractivity (Wildman–Crippen MR) is 92.6 cm³/mol. The summed E-state index contributed by atoms with van der Waals surface area (Å²) in [4.78, 5) is 9.41. The second-order valence-electron chi connectivity index (χ2n) is 6.15. The number of aromatic nitrogens is 2. The lowest BCUT2D eigenvalue weighted by Gasteiger charge is -2.19. The summed E-state index contributed by atoms with van der Waals surface area (Å²) in [7, 11) is 0. The zero-order chi connectivity index (χ0) is 15.5. The maximum atomic E-state index is 4.75. The van der Waals surface area contributed by atoms with Crippen LogP contribution in [0.25, 0.3) is 11.3 Å². The van der Waals surface area contributed by atoms with Gasteiger partial charge in [0.1, 0.15) is 11.6 Å². The van der Waals surface area contributed by atoms with Gasteiger partial charge in [-0.2, -0.15) is 0 Å². The van der Waals surface area contributed by atoms with Crippen molar-refractivity contribution in [2.24, 2.45) is 0 Å². The van der Waals surface area contributed by atoms with Crippen molar-refractivity contribution in [3.8, 4) is 11.3 Å². The highest BCUT2D eigenvalue weighted by Gasteiger charge is 2.19. The molecule has 1 aromatic carbocycles. The summed E-state index contributed by atoms with van der Waals surface area (Å²) in [5.41, 5.74) is 1.97. The van der Waals surface area contributed by atoms with Crippen molar-refractivity contribution in [1.82, 2.24) is 9.97 Å². The van der Waals surface area contributed by atoms with E-state index in [1.165, 1.54) is 0 Å². The van der Waals surface area contributed by atoms with Crippen LogP contribution in [0.15, 0.2) is 34.8 Å². The predicted octanol–water partition coefficient (Wildman–Crippen LogP) is 5.03. The molecule has 1 aromatic heterocycles. The fraction of sp³-hybridized carbons (Fsp3) is 0.412. The summed E-state index contributed by atoms with van der Waals surface area (Å²) in [5.74, 6) is 1.75. The molecule has 0 saturated heterocycles. The van der Waals surface area contributed by atoms with Crippen LogP contribution in [0, 0.1) is 0 Å². The van der Waals surface area contributed by atoms with E-state index in [4.69, 9.17) is 4.98 Å². The lowest BCUT2D eigenvalue weighted by molar-refractivity contribution is 0.546. The van der Waals surface area contributed by atoms with Crippen molar-refractivity contribution >= 4 is 21.7 Å². The molecule has 0 spiro atoms. The number of halogens is 1. The van der Waals surface area contributed by atoms with Crippen molar-refractivity contribution in [3.05, 3.63) is 40.6 Å². The molecule has 0 unspecified atom stereocenters. The Labute approximate surface area is 135 Å². The quantitative estimate of drug-likeness (QED) is 0.842. The van der Waals surface area contributed by atoms with Gasteiger partial charge in [-0.15, -0.1) is 0 Å². The van der Waals surface area contributed by atoms with E-state index in [9.17, 15) is 0 Å². The van der Waals surface area contributed by atoms with Gasteiger partial charge in [-0.3, -0.25) is 0 Å². The van der Waals surface area contributed by atoms with Crippen LogP contribution in [-0.2, 0) is 5.41 Å². The minimum atomic E-state index is -0.0787. The summed E-state index contributed by atoms with van der Waals surface area (Å²) < 4.78 is 1.05. The molecule has 0 fully saturated rings. The zero-order valence-electron chi connectivity index (χ0n) is 13.1. The van der Waals surface area contributed by atoms with Gasteiger partial charge in [0.05, 0.1) is 5.69 Å². The smallest absolute Gasteiger partial charge is 0.136 e. The van der Waals surface area contributed by atoms with Crippen molar-refractivity contribution in [3.63, 3.8) is 0 Å². The summed E-state index contributed by atoms with van der Waals surface area (Å²) >= 11 is 3.52. The van der Waals surface area contributed by atoms with Crippen LogP contribution in [-0.4, -0.2) is 16.5 Å². The first-order chi connectivity index (χ1) is 9.90. The molecular weight excluding hydrogens is 326 g/mol. The third kappa shape index (κ3) is 4.27. The normalized spacial score (nSPS) is 11.5. The Morgan fingerprint density at radius 1 is 1.14 bits per heavy atom. The molecule has 0 atom stereocenters. The molecule has 112 valence electrons. The fourth-order valence-electron chi connectivity index (χ4n) is 1.92. The summed E-state index contributed by atoms with van der Waals surface area (Å²) in [6.07, 6.45) is 1.07. The fourth-order valence-corrected chi connectivity index (χ4v) is 2.32. The largest absolute Gasteiger partial charge is 0.370 e. The Balaban J connectivity index is 2.49. The number of hydrogen-bond acceptors (Lipinski definition) is 3. The molecular formula is C17H22BrN3. The van der Waals surface area contributed by atoms with Crippen LogP contribution in [0.2, 0.25) is 0 Å². The molecule has 0 aliphatic heterocycles. The highest BCUT2D eigenvalue weighted by molar-refractivity contribution is 9.10. The van der Waals surface area contributed by atoms with E-state index in [2.05, 4.69) is 66.1 Å². The molecule has 21 heavy (non-hydrogen) atoms. The molecule has 2 rings (SSSR count). The molecule has 0 radical (unpaired) electrons. The highest BCUT2D eigenvalue weighted by atomic mass is 79.9. The molecule has 4 heteroatoms. The average molecular weight is 348 g/mol. The molecule has 0 aliphatic carbocycles. The lowest BCUT2D eigenvalue weighted by Crippen LogP contribution is -2.18. The number of rotatable bonds is 4. The van der Waals surface area contributed by atoms with E-state index in [0.717, 1.165) is 40.3 Å². The summed E-state index contributed by atoms with van der Waals surface area (Å²) in [5, 5.41) is 3.37. The molecule has 1 N–H and O–H groups in total. The first-order valence-electron chi connectivity index (χ1n) is 7.29. The Kier molecular flexibility index (Phi) is 4.99. The third-order valence-corrected chi connectivity index (χ3v) is 3.57. The van der Waals surface area contributed by atoms with Gasteiger partial charge in [0.15, 0.2) is 0 Å². The number of anilines is 1. The first-order valence-corrected chi connectivity index (χ1v) is 8.09. The van der Waals surface area contributed by atoms with Gasteiger partial charge in [-0.25, -0.2) is 9.97 Å². The maximum Gasteiger partial charge on any atom is 0.136 e. The van der Waals surface area contributed by atoms with E-state index in [1.54, 1.807) is 0 Å². The summed E-state index contributed by atoms with van der Waals surface area (Å²) in [6, 6.07) is 10.2. The molecule has 3 nitrogen and oxygen atoms in total. The van der Waals surface area contributed by atoms with Gasteiger partial charge in [-0.1, -0.05) is 55.8 Å². The number of benzene rings is 1. The molecule has 0 amide bonds. The molecule has 0 saturated carbocycles. The van der Waals surface area contributed by atoms with E-state index >= 15 is 0 Å². The van der Waals surface area contributed by atoms with Crippen molar-refractivity contribution in [2.45, 2.75) is 39.5 Å². The standard InChI is InChI=1S/C17H22BrN3/c1-5-9-19-15-11-14(12-7-6-8-13(18)10-12)20-16(21-15)17(2,3)4/h6-8,10-11H,5,9H2,1-4H3,(H,19,20,21). The van der Waals surface area contributed by atoms with Crippen LogP contribution in [0.5, 0.6) is 0 Å². The Bertz CT molecular complexity index is 618. The topological polar surface area (TPSA) is 37.8 Å². The van der Waals surface area contributed by atoms with Crippen LogP contribution in [0.3, 0.4) is 0 Å². The van der Waals surface area contributed by atoms with Crippen molar-refractivity contribution in [2.75, 3.05) is 11.9 Å². The SMILES string of the molecule is CCCNc1cc(-c2cccc(Br)c2)nc(C(C)(C)C)n1. The van der Waals surface area contributed by atoms with Crippen molar-refractivity contribution < 1.29 is 0 Å². The van der Waals surface area contributed by atoms with Crippen molar-refractivity contribution in [1.29, 1.82) is 0 Å². The maximum absolute atomic E-state index is 4.75. The number of nitrogens with zero attached hydrogens (tertiary/aromatic N) is 2. The number of nitrogens with one attached hydrogen (secondary N) is 1. The van der Waals surface area contributed by atoms with E-state index in [0.29, 0.717) is 0 Å². The monoisotopic (exact) mass is 347 g/mol. The average Bonchev–Trinajstić information content (AvgIpc) is 2.44. The second-order valence-corrected chi connectivity index (χ2v) is 7.06. The van der Waals surface area contributed by atoms with Gasteiger partial charge < -0.3 is 5.32 Å². The zero-order valence-corrected chi connectivity index (χ0v) is 14.7. The van der Waals surface area contributed by atoms with Crippen LogP contribution in [0.1, 0.15) is 39.9 Å². The van der Waals surface area contributed by atoms with E-state index < -0.39 is 0 Å².